The van der Waals surface area contributed by atoms with Crippen molar-refractivity contribution < 1.29 is 17.9 Å². The highest BCUT2D eigenvalue weighted by Gasteiger charge is 2.15. The van der Waals surface area contributed by atoms with E-state index in [2.05, 4.69) is 0 Å². The van der Waals surface area contributed by atoms with Gasteiger partial charge in [-0.1, -0.05) is 13.0 Å². The highest BCUT2D eigenvalue weighted by Crippen LogP contribution is 2.20. The van der Waals surface area contributed by atoms with E-state index in [4.69, 9.17) is 14.6 Å². The van der Waals surface area contributed by atoms with Crippen molar-refractivity contribution in [1.82, 2.24) is 0 Å². The highest BCUT2D eigenvalue weighted by atomic mass is 32.2. The molecular formula is C13H21NO4S. The molecule has 1 unspecified atom stereocenters. The Bertz CT molecular complexity index is 487. The molecule has 1 aromatic rings. The fourth-order valence-corrected chi connectivity index (χ4v) is 2.64. The quantitative estimate of drug-likeness (QED) is 0.790. The second-order valence-corrected chi connectivity index (χ2v) is 5.98. The van der Waals surface area contributed by atoms with Crippen LogP contribution < -0.4 is 14.6 Å². The largest absolute Gasteiger partial charge is 0.494 e. The molecule has 2 N–H and O–H groups in total. The van der Waals surface area contributed by atoms with Crippen LogP contribution in [0.3, 0.4) is 0 Å². The number of benzene rings is 1. The van der Waals surface area contributed by atoms with Crippen LogP contribution >= 0.6 is 0 Å². The van der Waals surface area contributed by atoms with Gasteiger partial charge in [0.2, 0.25) is 10.0 Å². The second-order valence-electron chi connectivity index (χ2n) is 4.32. The molecule has 6 heteroatoms. The van der Waals surface area contributed by atoms with E-state index in [0.717, 1.165) is 5.75 Å². The van der Waals surface area contributed by atoms with Crippen molar-refractivity contribution >= 4 is 10.0 Å². The third kappa shape index (κ3) is 6.45. The van der Waals surface area contributed by atoms with Crippen molar-refractivity contribution in [2.24, 2.45) is 11.1 Å². The third-order valence-corrected chi connectivity index (χ3v) is 3.58. The summed E-state index contributed by atoms with van der Waals surface area (Å²) >= 11 is 0. The summed E-state index contributed by atoms with van der Waals surface area (Å²) in [7, 11) is -3.46. The van der Waals surface area contributed by atoms with Gasteiger partial charge >= 0.3 is 0 Å². The maximum Gasteiger partial charge on any atom is 0.209 e. The molecule has 0 aliphatic carbocycles. The Morgan fingerprint density at radius 3 is 2.37 bits per heavy atom. The summed E-state index contributed by atoms with van der Waals surface area (Å²) < 4.78 is 33.1. The van der Waals surface area contributed by atoms with Crippen molar-refractivity contribution in [1.29, 1.82) is 0 Å². The molecule has 0 bridgehead atoms. The van der Waals surface area contributed by atoms with Crippen LogP contribution in [-0.4, -0.2) is 27.4 Å². The molecular weight excluding hydrogens is 266 g/mol. The Labute approximate surface area is 114 Å². The molecule has 0 saturated heterocycles. The Kier molecular flexibility index (Phi) is 6.11. The Morgan fingerprint density at radius 1 is 1.21 bits per heavy atom. The standard InChI is InChI=1S/C13H21NO4S/c1-3-11(10-19(14,15)16)9-18-13-7-5-6-12(8-13)17-4-2/h5-8,11H,3-4,9-10H2,1-2H3,(H2,14,15,16). The molecule has 0 aliphatic rings. The lowest BCUT2D eigenvalue weighted by molar-refractivity contribution is 0.255. The first-order valence-corrected chi connectivity index (χ1v) is 8.02. The third-order valence-electron chi connectivity index (χ3n) is 2.65. The monoisotopic (exact) mass is 287 g/mol. The zero-order valence-electron chi connectivity index (χ0n) is 11.3. The summed E-state index contributed by atoms with van der Waals surface area (Å²) in [5.74, 6) is 1.23. The average molecular weight is 287 g/mol. The van der Waals surface area contributed by atoms with Crippen LogP contribution in [0.2, 0.25) is 0 Å². The van der Waals surface area contributed by atoms with Gasteiger partial charge in [-0.3, -0.25) is 0 Å². The maximum absolute atomic E-state index is 11.1. The predicted molar refractivity (Wildman–Crippen MR) is 74.9 cm³/mol. The zero-order chi connectivity index (χ0) is 14.3. The highest BCUT2D eigenvalue weighted by molar-refractivity contribution is 7.89. The summed E-state index contributed by atoms with van der Waals surface area (Å²) in [6.45, 7) is 4.73. The lowest BCUT2D eigenvalue weighted by Crippen LogP contribution is -2.26. The van der Waals surface area contributed by atoms with Gasteiger partial charge < -0.3 is 9.47 Å². The first-order valence-electron chi connectivity index (χ1n) is 6.30. The first kappa shape index (κ1) is 15.8. The van der Waals surface area contributed by atoms with Gasteiger partial charge in [0.05, 0.1) is 19.0 Å². The van der Waals surface area contributed by atoms with E-state index in [0.29, 0.717) is 25.4 Å². The smallest absolute Gasteiger partial charge is 0.209 e. The predicted octanol–water partition coefficient (Wildman–Crippen LogP) is 1.78. The zero-order valence-corrected chi connectivity index (χ0v) is 12.2. The van der Waals surface area contributed by atoms with Crippen molar-refractivity contribution in [2.75, 3.05) is 19.0 Å². The van der Waals surface area contributed by atoms with E-state index in [1.54, 1.807) is 6.07 Å². The molecule has 1 rings (SSSR count). The van der Waals surface area contributed by atoms with Crippen molar-refractivity contribution in [3.63, 3.8) is 0 Å². The van der Waals surface area contributed by atoms with Gasteiger partial charge in [0.25, 0.3) is 0 Å². The minimum absolute atomic E-state index is 0.0609. The molecule has 0 radical (unpaired) electrons. The lowest BCUT2D eigenvalue weighted by atomic mass is 10.1. The van der Waals surface area contributed by atoms with E-state index in [9.17, 15) is 8.42 Å². The molecule has 0 heterocycles. The van der Waals surface area contributed by atoms with E-state index in [-0.39, 0.29) is 11.7 Å². The van der Waals surface area contributed by atoms with E-state index in [1.807, 2.05) is 32.0 Å². The molecule has 0 amide bonds. The van der Waals surface area contributed by atoms with Crippen LogP contribution in [0.25, 0.3) is 0 Å². The molecule has 0 fully saturated rings. The maximum atomic E-state index is 11.1. The SMILES string of the molecule is CCOc1cccc(OCC(CC)CS(N)(=O)=O)c1. The van der Waals surface area contributed by atoms with Crippen LogP contribution in [0.1, 0.15) is 20.3 Å². The topological polar surface area (TPSA) is 78.6 Å². The Morgan fingerprint density at radius 2 is 1.84 bits per heavy atom. The van der Waals surface area contributed by atoms with Crippen LogP contribution in [0.15, 0.2) is 24.3 Å². The molecule has 0 spiro atoms. The van der Waals surface area contributed by atoms with Crippen LogP contribution in [0, 0.1) is 5.92 Å². The van der Waals surface area contributed by atoms with Gasteiger partial charge in [-0.25, -0.2) is 13.6 Å². The fraction of sp³-hybridized carbons (Fsp3) is 0.538. The Hall–Kier alpha value is -1.27. The number of primary sulfonamides is 1. The van der Waals surface area contributed by atoms with Crippen LogP contribution in [-0.2, 0) is 10.0 Å². The normalized spacial score (nSPS) is 13.0. The molecule has 1 atom stereocenters. The van der Waals surface area contributed by atoms with E-state index < -0.39 is 10.0 Å². The number of hydrogen-bond acceptors (Lipinski definition) is 4. The van der Waals surface area contributed by atoms with Gasteiger partial charge in [-0.2, -0.15) is 0 Å². The van der Waals surface area contributed by atoms with Gasteiger partial charge in [0.1, 0.15) is 11.5 Å². The summed E-state index contributed by atoms with van der Waals surface area (Å²) in [6, 6.07) is 7.28. The number of sulfonamides is 1. The number of rotatable bonds is 8. The molecule has 0 saturated carbocycles. The van der Waals surface area contributed by atoms with E-state index in [1.165, 1.54) is 0 Å². The van der Waals surface area contributed by atoms with Crippen LogP contribution in [0.5, 0.6) is 11.5 Å². The number of hydrogen-bond donors (Lipinski definition) is 1. The second kappa shape index (κ2) is 7.35. The molecule has 0 aromatic heterocycles. The van der Waals surface area contributed by atoms with Gasteiger partial charge in [0.15, 0.2) is 0 Å². The fourth-order valence-electron chi connectivity index (χ4n) is 1.65. The summed E-state index contributed by atoms with van der Waals surface area (Å²) in [6.07, 6.45) is 0.696. The summed E-state index contributed by atoms with van der Waals surface area (Å²) in [4.78, 5) is 0. The van der Waals surface area contributed by atoms with Crippen molar-refractivity contribution in [3.05, 3.63) is 24.3 Å². The molecule has 5 nitrogen and oxygen atoms in total. The van der Waals surface area contributed by atoms with E-state index >= 15 is 0 Å². The van der Waals surface area contributed by atoms with Crippen LogP contribution in [0.4, 0.5) is 0 Å². The molecule has 108 valence electrons. The van der Waals surface area contributed by atoms with Crippen molar-refractivity contribution in [3.8, 4) is 11.5 Å². The number of ether oxygens (including phenoxy) is 2. The first-order chi connectivity index (χ1) is 8.94. The van der Waals surface area contributed by atoms with Gasteiger partial charge in [-0.05, 0) is 25.5 Å². The van der Waals surface area contributed by atoms with Gasteiger partial charge in [0, 0.05) is 12.0 Å². The van der Waals surface area contributed by atoms with Crippen molar-refractivity contribution in [2.45, 2.75) is 20.3 Å². The lowest BCUT2D eigenvalue weighted by Gasteiger charge is -2.15. The molecule has 1 aromatic carbocycles. The average Bonchev–Trinajstić information content (AvgIpc) is 2.34. The summed E-state index contributed by atoms with van der Waals surface area (Å²) in [5, 5.41) is 5.04. The van der Waals surface area contributed by atoms with Gasteiger partial charge in [-0.15, -0.1) is 0 Å². The summed E-state index contributed by atoms with van der Waals surface area (Å²) in [5.41, 5.74) is 0. The minimum atomic E-state index is -3.46. The minimum Gasteiger partial charge on any atom is -0.494 e. The Balaban J connectivity index is 2.57. The molecule has 0 aliphatic heterocycles. The molecule has 19 heavy (non-hydrogen) atoms. The number of nitrogens with two attached hydrogens (primary N) is 1.